The molecule has 1 aromatic rings. The lowest BCUT2D eigenvalue weighted by Gasteiger charge is -2.30. The summed E-state index contributed by atoms with van der Waals surface area (Å²) in [6.07, 6.45) is 9.51. The first-order chi connectivity index (χ1) is 7.86. The Morgan fingerprint density at radius 3 is 3.00 bits per heavy atom. The van der Waals surface area contributed by atoms with Gasteiger partial charge in [-0.1, -0.05) is 0 Å². The summed E-state index contributed by atoms with van der Waals surface area (Å²) in [6, 6.07) is 0.603. The van der Waals surface area contributed by atoms with Crippen molar-refractivity contribution < 1.29 is 0 Å². The monoisotopic (exact) mass is 219 g/mol. The van der Waals surface area contributed by atoms with E-state index in [-0.39, 0.29) is 0 Å². The van der Waals surface area contributed by atoms with Crippen molar-refractivity contribution in [1.29, 1.82) is 0 Å². The molecule has 2 unspecified atom stereocenters. The summed E-state index contributed by atoms with van der Waals surface area (Å²) in [5.41, 5.74) is 1.47. The average Bonchev–Trinajstić information content (AvgIpc) is 3.07. The smallest absolute Gasteiger partial charge is 0.0950 e. The number of hydrogen-bond acceptors (Lipinski definition) is 2. The van der Waals surface area contributed by atoms with Gasteiger partial charge in [0.25, 0.3) is 0 Å². The normalized spacial score (nSPS) is 27.9. The molecule has 0 radical (unpaired) electrons. The minimum absolute atomic E-state index is 0.603. The molecule has 1 N–H and O–H groups in total. The van der Waals surface area contributed by atoms with Gasteiger partial charge in [0.1, 0.15) is 0 Å². The number of piperidine rings is 1. The van der Waals surface area contributed by atoms with E-state index < -0.39 is 0 Å². The second kappa shape index (κ2) is 4.21. The highest BCUT2D eigenvalue weighted by Gasteiger charge is 2.30. The van der Waals surface area contributed by atoms with Crippen LogP contribution in [0.3, 0.4) is 0 Å². The van der Waals surface area contributed by atoms with E-state index in [0.29, 0.717) is 6.04 Å². The molecule has 2 aliphatic rings. The average molecular weight is 219 g/mol. The topological polar surface area (TPSA) is 29.9 Å². The largest absolute Gasteiger partial charge is 0.331 e. The molecule has 1 aromatic heterocycles. The fourth-order valence-electron chi connectivity index (χ4n) is 2.87. The number of aromatic nitrogens is 2. The maximum absolute atomic E-state index is 4.34. The molecule has 1 saturated carbocycles. The zero-order valence-corrected chi connectivity index (χ0v) is 10.0. The standard InChI is InChI=1S/C13H21N3/c1-10(12-3-2-6-14-7-12)16-9-15-8-13(16)11-4-5-11/h8-12,14H,2-7H2,1H3. The van der Waals surface area contributed by atoms with Crippen LogP contribution in [0.15, 0.2) is 12.5 Å². The van der Waals surface area contributed by atoms with Crippen LogP contribution in [-0.2, 0) is 0 Å². The maximum atomic E-state index is 4.34. The Morgan fingerprint density at radius 1 is 1.44 bits per heavy atom. The minimum Gasteiger partial charge on any atom is -0.331 e. The second-order valence-electron chi connectivity index (χ2n) is 5.35. The first-order valence-electron chi connectivity index (χ1n) is 6.58. The first-order valence-corrected chi connectivity index (χ1v) is 6.58. The molecule has 0 bridgehead atoms. The van der Waals surface area contributed by atoms with E-state index in [1.54, 1.807) is 0 Å². The molecule has 0 amide bonds. The van der Waals surface area contributed by atoms with E-state index in [9.17, 15) is 0 Å². The second-order valence-corrected chi connectivity index (χ2v) is 5.35. The van der Waals surface area contributed by atoms with E-state index in [0.717, 1.165) is 11.8 Å². The summed E-state index contributed by atoms with van der Waals surface area (Å²) in [4.78, 5) is 4.34. The molecule has 0 spiro atoms. The third kappa shape index (κ3) is 1.88. The summed E-state index contributed by atoms with van der Waals surface area (Å²) in [6.45, 7) is 4.72. The molecule has 1 aliphatic carbocycles. The molecule has 3 rings (SSSR count). The Hall–Kier alpha value is -0.830. The number of hydrogen-bond donors (Lipinski definition) is 1. The Kier molecular flexibility index (Phi) is 2.72. The quantitative estimate of drug-likeness (QED) is 0.845. The van der Waals surface area contributed by atoms with Crippen LogP contribution in [0.5, 0.6) is 0 Å². The minimum atomic E-state index is 0.603. The molecule has 1 saturated heterocycles. The van der Waals surface area contributed by atoms with E-state index in [1.165, 1.54) is 44.5 Å². The molecule has 2 fully saturated rings. The fourth-order valence-corrected chi connectivity index (χ4v) is 2.87. The summed E-state index contributed by atoms with van der Waals surface area (Å²) < 4.78 is 2.43. The van der Waals surface area contributed by atoms with Crippen molar-refractivity contribution in [2.75, 3.05) is 13.1 Å². The lowest BCUT2D eigenvalue weighted by molar-refractivity contribution is 0.276. The fraction of sp³-hybridized carbons (Fsp3) is 0.769. The van der Waals surface area contributed by atoms with Crippen molar-refractivity contribution in [3.05, 3.63) is 18.2 Å². The summed E-state index contributed by atoms with van der Waals surface area (Å²) in [7, 11) is 0. The third-order valence-electron chi connectivity index (χ3n) is 4.15. The van der Waals surface area contributed by atoms with Crippen LogP contribution in [0, 0.1) is 5.92 Å². The van der Waals surface area contributed by atoms with E-state index in [2.05, 4.69) is 28.0 Å². The number of nitrogens with one attached hydrogen (secondary N) is 1. The summed E-state index contributed by atoms with van der Waals surface area (Å²) in [5.74, 6) is 1.59. The van der Waals surface area contributed by atoms with Crippen LogP contribution >= 0.6 is 0 Å². The molecule has 88 valence electrons. The number of rotatable bonds is 3. The molecule has 2 heterocycles. The summed E-state index contributed by atoms with van der Waals surface area (Å²) >= 11 is 0. The SMILES string of the molecule is CC(C1CCCNC1)n1cncc1C1CC1. The van der Waals surface area contributed by atoms with E-state index in [4.69, 9.17) is 0 Å². The van der Waals surface area contributed by atoms with Gasteiger partial charge in [-0.2, -0.15) is 0 Å². The van der Waals surface area contributed by atoms with Gasteiger partial charge < -0.3 is 9.88 Å². The molecule has 3 nitrogen and oxygen atoms in total. The molecule has 3 heteroatoms. The van der Waals surface area contributed by atoms with Gasteiger partial charge in [0.05, 0.1) is 6.33 Å². The first kappa shape index (κ1) is 10.3. The highest BCUT2D eigenvalue weighted by molar-refractivity contribution is 5.13. The van der Waals surface area contributed by atoms with Crippen LogP contribution in [0.4, 0.5) is 0 Å². The molecule has 1 aliphatic heterocycles. The Labute approximate surface area is 97.3 Å². The highest BCUT2D eigenvalue weighted by atomic mass is 15.1. The number of imidazole rings is 1. The highest BCUT2D eigenvalue weighted by Crippen LogP contribution is 2.41. The van der Waals surface area contributed by atoms with E-state index >= 15 is 0 Å². The summed E-state index contributed by atoms with van der Waals surface area (Å²) in [5, 5.41) is 3.51. The van der Waals surface area contributed by atoms with Gasteiger partial charge in [0.2, 0.25) is 0 Å². The van der Waals surface area contributed by atoms with Crippen molar-refractivity contribution in [1.82, 2.24) is 14.9 Å². The van der Waals surface area contributed by atoms with Crippen LogP contribution < -0.4 is 5.32 Å². The Balaban J connectivity index is 1.76. The van der Waals surface area contributed by atoms with Gasteiger partial charge in [0.15, 0.2) is 0 Å². The van der Waals surface area contributed by atoms with Gasteiger partial charge in [-0.15, -0.1) is 0 Å². The van der Waals surface area contributed by atoms with Gasteiger partial charge in [-0.05, 0) is 51.6 Å². The predicted molar refractivity (Wildman–Crippen MR) is 64.5 cm³/mol. The maximum Gasteiger partial charge on any atom is 0.0950 e. The van der Waals surface area contributed by atoms with Crippen LogP contribution in [-0.4, -0.2) is 22.6 Å². The Morgan fingerprint density at radius 2 is 2.31 bits per heavy atom. The molecule has 2 atom stereocenters. The van der Waals surface area contributed by atoms with Crippen LogP contribution in [0.25, 0.3) is 0 Å². The Bertz CT molecular complexity index is 348. The van der Waals surface area contributed by atoms with Crippen molar-refractivity contribution in [2.24, 2.45) is 5.92 Å². The van der Waals surface area contributed by atoms with Gasteiger partial charge in [-0.3, -0.25) is 0 Å². The van der Waals surface area contributed by atoms with Crippen LogP contribution in [0.2, 0.25) is 0 Å². The van der Waals surface area contributed by atoms with E-state index in [1.807, 2.05) is 6.33 Å². The molecular weight excluding hydrogens is 198 g/mol. The zero-order valence-electron chi connectivity index (χ0n) is 10.0. The predicted octanol–water partition coefficient (Wildman–Crippen LogP) is 2.32. The molecule has 0 aromatic carbocycles. The van der Waals surface area contributed by atoms with Crippen molar-refractivity contribution in [3.63, 3.8) is 0 Å². The van der Waals surface area contributed by atoms with Gasteiger partial charge in [-0.25, -0.2) is 4.98 Å². The zero-order chi connectivity index (χ0) is 11.0. The van der Waals surface area contributed by atoms with Gasteiger partial charge >= 0.3 is 0 Å². The van der Waals surface area contributed by atoms with Crippen LogP contribution in [0.1, 0.15) is 50.3 Å². The van der Waals surface area contributed by atoms with Crippen molar-refractivity contribution >= 4 is 0 Å². The number of nitrogens with zero attached hydrogens (tertiary/aromatic N) is 2. The lowest BCUT2D eigenvalue weighted by atomic mass is 9.92. The molecule has 16 heavy (non-hydrogen) atoms. The molecular formula is C13H21N3. The van der Waals surface area contributed by atoms with Crippen molar-refractivity contribution in [2.45, 2.75) is 44.6 Å². The van der Waals surface area contributed by atoms with Crippen molar-refractivity contribution in [3.8, 4) is 0 Å². The third-order valence-corrected chi connectivity index (χ3v) is 4.15. The van der Waals surface area contributed by atoms with Gasteiger partial charge in [0, 0.05) is 23.9 Å². The lowest BCUT2D eigenvalue weighted by Crippen LogP contribution is -2.34.